The Hall–Kier alpha value is -0.530. The van der Waals surface area contributed by atoms with Crippen LogP contribution in [0.1, 0.15) is 61.3 Å². The van der Waals surface area contributed by atoms with E-state index in [2.05, 4.69) is 27.7 Å². The van der Waals surface area contributed by atoms with Gasteiger partial charge in [0, 0.05) is 0 Å². The third kappa shape index (κ3) is 4.54. The Balaban J connectivity index is 4.82. The number of carbonyl (C=O) groups is 1. The van der Waals surface area contributed by atoms with Crippen LogP contribution in [0.2, 0.25) is 0 Å². The van der Waals surface area contributed by atoms with Gasteiger partial charge in [0.2, 0.25) is 0 Å². The molecule has 0 aliphatic rings. The summed E-state index contributed by atoms with van der Waals surface area (Å²) in [6, 6.07) is 0. The number of carboxylic acid groups (broad SMARTS) is 1. The van der Waals surface area contributed by atoms with Crippen LogP contribution in [0.4, 0.5) is 0 Å². The monoisotopic (exact) mass is 228 g/mol. The first-order valence-corrected chi connectivity index (χ1v) is 6.23. The molecule has 1 N–H and O–H groups in total. The highest BCUT2D eigenvalue weighted by atomic mass is 16.4. The van der Waals surface area contributed by atoms with Crippen molar-refractivity contribution in [1.29, 1.82) is 0 Å². The van der Waals surface area contributed by atoms with Gasteiger partial charge in [-0.25, -0.2) is 0 Å². The van der Waals surface area contributed by atoms with E-state index >= 15 is 0 Å². The van der Waals surface area contributed by atoms with Gasteiger partial charge >= 0.3 is 5.97 Å². The Labute approximate surface area is 100 Å². The van der Waals surface area contributed by atoms with Crippen molar-refractivity contribution in [3.63, 3.8) is 0 Å². The van der Waals surface area contributed by atoms with Crippen LogP contribution in [-0.2, 0) is 4.79 Å². The first-order chi connectivity index (χ1) is 7.00. The molecule has 0 aliphatic heterocycles. The molecule has 96 valence electrons. The first-order valence-electron chi connectivity index (χ1n) is 6.23. The third-order valence-corrected chi connectivity index (χ3v) is 3.58. The molecule has 0 aromatic rings. The average molecular weight is 228 g/mol. The van der Waals surface area contributed by atoms with E-state index in [1.807, 2.05) is 20.8 Å². The van der Waals surface area contributed by atoms with Crippen LogP contribution in [0, 0.1) is 22.7 Å². The van der Waals surface area contributed by atoms with E-state index in [9.17, 15) is 9.90 Å². The lowest BCUT2D eigenvalue weighted by atomic mass is 9.69. The Kier molecular flexibility index (Phi) is 5.03. The zero-order valence-electron chi connectivity index (χ0n) is 11.9. The fraction of sp³-hybridized carbons (Fsp3) is 0.929. The molecule has 0 aromatic heterocycles. The van der Waals surface area contributed by atoms with Crippen molar-refractivity contribution in [1.82, 2.24) is 0 Å². The summed E-state index contributed by atoms with van der Waals surface area (Å²) in [6.07, 6.45) is 1.82. The quantitative estimate of drug-likeness (QED) is 0.783. The van der Waals surface area contributed by atoms with Crippen LogP contribution >= 0.6 is 0 Å². The van der Waals surface area contributed by atoms with E-state index in [1.165, 1.54) is 0 Å². The minimum absolute atomic E-state index is 0.162. The second kappa shape index (κ2) is 5.20. The van der Waals surface area contributed by atoms with Crippen LogP contribution in [0.25, 0.3) is 0 Å². The average Bonchev–Trinajstić information content (AvgIpc) is 1.99. The summed E-state index contributed by atoms with van der Waals surface area (Å²) >= 11 is 0. The molecule has 2 unspecified atom stereocenters. The number of carboxylic acids is 1. The van der Waals surface area contributed by atoms with E-state index in [4.69, 9.17) is 0 Å². The Morgan fingerprint density at radius 3 is 1.69 bits per heavy atom. The summed E-state index contributed by atoms with van der Waals surface area (Å²) in [4.78, 5) is 11.3. The molecular weight excluding hydrogens is 200 g/mol. The minimum atomic E-state index is -0.657. The minimum Gasteiger partial charge on any atom is -0.481 e. The lowest BCUT2D eigenvalue weighted by Gasteiger charge is -2.36. The fourth-order valence-corrected chi connectivity index (χ4v) is 2.24. The Morgan fingerprint density at radius 1 is 1.06 bits per heavy atom. The molecule has 2 heteroatoms. The van der Waals surface area contributed by atoms with Gasteiger partial charge in [0.05, 0.1) is 5.92 Å². The smallest absolute Gasteiger partial charge is 0.307 e. The van der Waals surface area contributed by atoms with E-state index in [-0.39, 0.29) is 16.7 Å². The molecule has 0 aromatic carbocycles. The summed E-state index contributed by atoms with van der Waals surface area (Å²) in [7, 11) is 0. The fourth-order valence-electron chi connectivity index (χ4n) is 2.24. The largest absolute Gasteiger partial charge is 0.481 e. The SMILES string of the molecule is CCC(CC(C(=O)O)C(C)(C)C)C(C)(C)C. The van der Waals surface area contributed by atoms with Crippen molar-refractivity contribution in [3.8, 4) is 0 Å². The predicted octanol–water partition coefficient (Wildman–Crippen LogP) is 4.20. The van der Waals surface area contributed by atoms with Gasteiger partial charge in [-0.3, -0.25) is 4.79 Å². The maximum absolute atomic E-state index is 11.3. The van der Waals surface area contributed by atoms with Crippen LogP contribution in [0.15, 0.2) is 0 Å². The van der Waals surface area contributed by atoms with E-state index < -0.39 is 5.97 Å². The molecule has 0 heterocycles. The van der Waals surface area contributed by atoms with Crippen molar-refractivity contribution in [2.24, 2.45) is 22.7 Å². The van der Waals surface area contributed by atoms with Crippen molar-refractivity contribution in [2.45, 2.75) is 61.3 Å². The molecule has 0 spiro atoms. The molecule has 2 atom stereocenters. The summed E-state index contributed by atoms with van der Waals surface area (Å²) in [5, 5.41) is 9.32. The summed E-state index contributed by atoms with van der Waals surface area (Å²) in [5.41, 5.74) is 0.0260. The van der Waals surface area contributed by atoms with Gasteiger partial charge in [-0.1, -0.05) is 54.9 Å². The van der Waals surface area contributed by atoms with Crippen LogP contribution in [0.5, 0.6) is 0 Å². The third-order valence-electron chi connectivity index (χ3n) is 3.58. The summed E-state index contributed by atoms with van der Waals surface area (Å²) in [6.45, 7) is 14.8. The molecule has 0 rings (SSSR count). The lowest BCUT2D eigenvalue weighted by molar-refractivity contribution is -0.146. The highest BCUT2D eigenvalue weighted by Crippen LogP contribution is 2.39. The second-order valence-electron chi connectivity index (χ2n) is 6.96. The highest BCUT2D eigenvalue weighted by Gasteiger charge is 2.36. The van der Waals surface area contributed by atoms with Gasteiger partial charge < -0.3 is 5.11 Å². The van der Waals surface area contributed by atoms with Gasteiger partial charge in [-0.2, -0.15) is 0 Å². The van der Waals surface area contributed by atoms with Crippen molar-refractivity contribution in [3.05, 3.63) is 0 Å². The Bertz CT molecular complexity index is 230. The molecule has 2 nitrogen and oxygen atoms in total. The molecule has 16 heavy (non-hydrogen) atoms. The molecule has 0 bridgehead atoms. The van der Waals surface area contributed by atoms with E-state index in [0.717, 1.165) is 12.8 Å². The standard InChI is InChI=1S/C14H28O2/c1-8-10(13(2,3)4)9-11(12(15)16)14(5,6)7/h10-11H,8-9H2,1-7H3,(H,15,16). The van der Waals surface area contributed by atoms with E-state index in [0.29, 0.717) is 5.92 Å². The van der Waals surface area contributed by atoms with Crippen LogP contribution < -0.4 is 0 Å². The van der Waals surface area contributed by atoms with Crippen LogP contribution in [0.3, 0.4) is 0 Å². The van der Waals surface area contributed by atoms with E-state index in [1.54, 1.807) is 0 Å². The zero-order chi connectivity index (χ0) is 13.1. The number of rotatable bonds is 4. The molecule has 0 saturated carbocycles. The molecule has 0 saturated heterocycles. The zero-order valence-corrected chi connectivity index (χ0v) is 11.9. The van der Waals surface area contributed by atoms with Gasteiger partial charge in [0.25, 0.3) is 0 Å². The topological polar surface area (TPSA) is 37.3 Å². The molecule has 0 radical (unpaired) electrons. The summed E-state index contributed by atoms with van der Waals surface area (Å²) in [5.74, 6) is -0.445. The molecule has 0 aliphatic carbocycles. The van der Waals surface area contributed by atoms with Gasteiger partial charge in [0.15, 0.2) is 0 Å². The van der Waals surface area contributed by atoms with Crippen LogP contribution in [-0.4, -0.2) is 11.1 Å². The molecule has 0 fully saturated rings. The van der Waals surface area contributed by atoms with Gasteiger partial charge in [-0.15, -0.1) is 0 Å². The molecule has 0 amide bonds. The highest BCUT2D eigenvalue weighted by molar-refractivity contribution is 5.70. The van der Waals surface area contributed by atoms with Crippen molar-refractivity contribution in [2.75, 3.05) is 0 Å². The first kappa shape index (κ1) is 15.5. The normalized spacial score (nSPS) is 16.9. The molecular formula is C14H28O2. The van der Waals surface area contributed by atoms with Crippen molar-refractivity contribution < 1.29 is 9.90 Å². The van der Waals surface area contributed by atoms with Gasteiger partial charge in [-0.05, 0) is 23.2 Å². The van der Waals surface area contributed by atoms with Crippen molar-refractivity contribution >= 4 is 5.97 Å². The maximum Gasteiger partial charge on any atom is 0.307 e. The Morgan fingerprint density at radius 2 is 1.50 bits per heavy atom. The number of aliphatic carboxylic acids is 1. The maximum atomic E-state index is 11.3. The summed E-state index contributed by atoms with van der Waals surface area (Å²) < 4.78 is 0. The lowest BCUT2D eigenvalue weighted by Crippen LogP contribution is -2.33. The number of hydrogen-bond donors (Lipinski definition) is 1. The second-order valence-corrected chi connectivity index (χ2v) is 6.96. The van der Waals surface area contributed by atoms with Gasteiger partial charge in [0.1, 0.15) is 0 Å². The predicted molar refractivity (Wildman–Crippen MR) is 68.4 cm³/mol. The number of hydrogen-bond acceptors (Lipinski definition) is 1.